The zero-order valence-electron chi connectivity index (χ0n) is 12.5. The Hall–Kier alpha value is -2.05. The monoisotopic (exact) mass is 309 g/mol. The summed E-state index contributed by atoms with van der Waals surface area (Å²) >= 11 is 1.65. The first kappa shape index (κ1) is 14.9. The highest BCUT2D eigenvalue weighted by atomic mass is 32.1. The van der Waals surface area contributed by atoms with Crippen LogP contribution in [0.3, 0.4) is 0 Å². The van der Waals surface area contributed by atoms with Gasteiger partial charge in [0.2, 0.25) is 0 Å². The summed E-state index contributed by atoms with van der Waals surface area (Å²) in [6, 6.07) is 11.9. The zero-order chi connectivity index (χ0) is 15.2. The van der Waals surface area contributed by atoms with Crippen LogP contribution in [0.2, 0.25) is 0 Å². The molecule has 22 heavy (non-hydrogen) atoms. The molecule has 0 aliphatic heterocycles. The fourth-order valence-corrected chi connectivity index (χ4v) is 3.83. The fraction of sp³-hybridized carbons (Fsp3) is 0.316. The van der Waals surface area contributed by atoms with Gasteiger partial charge in [-0.05, 0) is 49.4 Å². The van der Waals surface area contributed by atoms with Gasteiger partial charge in [-0.3, -0.25) is 4.79 Å². The van der Waals surface area contributed by atoms with Crippen LogP contribution in [-0.4, -0.2) is 12.5 Å². The van der Waals surface area contributed by atoms with Gasteiger partial charge in [-0.1, -0.05) is 36.5 Å². The number of thiophene rings is 1. The number of carbonyl (C=O) groups excluding carboxylic acids is 1. The Bertz CT molecular complexity index is 683. The summed E-state index contributed by atoms with van der Waals surface area (Å²) in [4.78, 5) is 14.4. The van der Waals surface area contributed by atoms with E-state index in [1.54, 1.807) is 11.3 Å². The lowest BCUT2D eigenvalue weighted by Crippen LogP contribution is -2.22. The smallest absolute Gasteiger partial charge is 0.262 e. The Morgan fingerprint density at radius 3 is 2.82 bits per heavy atom. The van der Waals surface area contributed by atoms with Crippen LogP contribution >= 0.6 is 11.3 Å². The molecule has 0 saturated carbocycles. The first-order valence-electron chi connectivity index (χ1n) is 7.76. The third-order valence-electron chi connectivity index (χ3n) is 3.81. The molecule has 1 aromatic carbocycles. The van der Waals surface area contributed by atoms with Crippen LogP contribution < -0.4 is 5.32 Å². The van der Waals surface area contributed by atoms with E-state index in [1.165, 1.54) is 29.7 Å². The van der Waals surface area contributed by atoms with E-state index in [9.17, 15) is 4.79 Å². The van der Waals surface area contributed by atoms with Crippen LogP contribution in [0.5, 0.6) is 0 Å². The molecule has 1 N–H and O–H groups in total. The largest absolute Gasteiger partial charge is 0.340 e. The highest BCUT2D eigenvalue weighted by Crippen LogP contribution is 2.28. The van der Waals surface area contributed by atoms with E-state index in [1.807, 2.05) is 30.3 Å². The van der Waals surface area contributed by atoms with Crippen molar-refractivity contribution in [3.8, 4) is 11.8 Å². The highest BCUT2D eigenvalue weighted by molar-refractivity contribution is 7.14. The summed E-state index contributed by atoms with van der Waals surface area (Å²) in [6.45, 7) is 0.385. The fourth-order valence-electron chi connectivity index (χ4n) is 2.66. The molecular weight excluding hydrogens is 290 g/mol. The molecule has 0 unspecified atom stereocenters. The van der Waals surface area contributed by atoms with Crippen LogP contribution in [0.1, 0.15) is 44.9 Å². The van der Waals surface area contributed by atoms with E-state index < -0.39 is 0 Å². The van der Waals surface area contributed by atoms with Gasteiger partial charge in [0, 0.05) is 10.4 Å². The third kappa shape index (κ3) is 3.78. The highest BCUT2D eigenvalue weighted by Gasteiger charge is 2.15. The number of aryl methyl sites for hydroxylation is 2. The van der Waals surface area contributed by atoms with Crippen molar-refractivity contribution < 1.29 is 4.79 Å². The molecule has 1 aliphatic carbocycles. The van der Waals surface area contributed by atoms with Gasteiger partial charge in [-0.2, -0.15) is 0 Å². The second-order valence-corrected chi connectivity index (χ2v) is 6.61. The molecule has 3 rings (SSSR count). The maximum Gasteiger partial charge on any atom is 0.262 e. The van der Waals surface area contributed by atoms with Gasteiger partial charge in [-0.15, -0.1) is 11.3 Å². The summed E-state index contributed by atoms with van der Waals surface area (Å²) < 4.78 is 0. The molecule has 2 nitrogen and oxygen atoms in total. The molecule has 1 aromatic heterocycles. The average Bonchev–Trinajstić information content (AvgIpc) is 2.83. The average molecular weight is 309 g/mol. The second kappa shape index (κ2) is 7.29. The van der Waals surface area contributed by atoms with E-state index in [2.05, 4.69) is 23.2 Å². The maximum absolute atomic E-state index is 12.2. The number of hydrogen-bond donors (Lipinski definition) is 1. The summed E-state index contributed by atoms with van der Waals surface area (Å²) in [6.07, 6.45) is 6.04. The lowest BCUT2D eigenvalue weighted by molar-refractivity contribution is 0.0962. The van der Waals surface area contributed by atoms with E-state index in [0.717, 1.165) is 23.3 Å². The van der Waals surface area contributed by atoms with Crippen molar-refractivity contribution in [2.24, 2.45) is 0 Å². The van der Waals surface area contributed by atoms with Crippen molar-refractivity contribution in [3.05, 3.63) is 57.3 Å². The van der Waals surface area contributed by atoms with Gasteiger partial charge in [0.1, 0.15) is 0 Å². The van der Waals surface area contributed by atoms with Crippen LogP contribution in [0.4, 0.5) is 0 Å². The van der Waals surface area contributed by atoms with E-state index in [4.69, 9.17) is 0 Å². The van der Waals surface area contributed by atoms with Crippen molar-refractivity contribution in [1.82, 2.24) is 5.32 Å². The van der Waals surface area contributed by atoms with Crippen molar-refractivity contribution in [1.29, 1.82) is 0 Å². The number of fused-ring (bicyclic) bond motifs is 1. The third-order valence-corrected chi connectivity index (χ3v) is 5.05. The number of hydrogen-bond acceptors (Lipinski definition) is 2. The molecule has 1 aliphatic rings. The quantitative estimate of drug-likeness (QED) is 0.663. The van der Waals surface area contributed by atoms with Gasteiger partial charge in [0.25, 0.3) is 5.91 Å². The van der Waals surface area contributed by atoms with Gasteiger partial charge in [-0.25, -0.2) is 0 Å². The topological polar surface area (TPSA) is 29.1 Å². The number of carbonyl (C=O) groups is 1. The summed E-state index contributed by atoms with van der Waals surface area (Å²) in [5.41, 5.74) is 2.35. The molecule has 3 heteroatoms. The molecule has 0 radical (unpaired) electrons. The SMILES string of the molecule is O=C(NCC#Cc1ccccc1)c1cc2c(s1)CCCCC2. The second-order valence-electron chi connectivity index (χ2n) is 5.47. The standard InChI is InChI=1S/C19H19NOS/c21-19(20-13-7-10-15-8-3-1-4-9-15)18-14-16-11-5-2-6-12-17(16)22-18/h1,3-4,8-9,14H,2,5-6,11-13H2,(H,20,21). The Labute approximate surface area is 135 Å². The molecule has 2 aromatic rings. The Morgan fingerprint density at radius 2 is 1.95 bits per heavy atom. The Balaban J connectivity index is 1.57. The molecule has 0 atom stereocenters. The predicted molar refractivity (Wildman–Crippen MR) is 91.2 cm³/mol. The predicted octanol–water partition coefficient (Wildman–Crippen LogP) is 3.80. The van der Waals surface area contributed by atoms with E-state index in [-0.39, 0.29) is 5.91 Å². The summed E-state index contributed by atoms with van der Waals surface area (Å²) in [7, 11) is 0. The van der Waals surface area contributed by atoms with Gasteiger partial charge in [0.15, 0.2) is 0 Å². The normalized spacial score (nSPS) is 13.5. The first-order chi connectivity index (χ1) is 10.8. The van der Waals surface area contributed by atoms with Crippen molar-refractivity contribution in [2.45, 2.75) is 32.1 Å². The lowest BCUT2D eigenvalue weighted by Gasteiger charge is -1.97. The van der Waals surface area contributed by atoms with Gasteiger partial charge < -0.3 is 5.32 Å². The molecular formula is C19H19NOS. The Morgan fingerprint density at radius 1 is 1.14 bits per heavy atom. The van der Waals surface area contributed by atoms with Crippen LogP contribution in [-0.2, 0) is 12.8 Å². The van der Waals surface area contributed by atoms with Crippen LogP contribution in [0.25, 0.3) is 0 Å². The minimum atomic E-state index is 0.000403. The molecule has 0 bridgehead atoms. The van der Waals surface area contributed by atoms with Crippen molar-refractivity contribution in [3.63, 3.8) is 0 Å². The van der Waals surface area contributed by atoms with Gasteiger partial charge in [0.05, 0.1) is 11.4 Å². The maximum atomic E-state index is 12.2. The number of amides is 1. The van der Waals surface area contributed by atoms with E-state index in [0.29, 0.717) is 6.54 Å². The first-order valence-corrected chi connectivity index (χ1v) is 8.58. The summed E-state index contributed by atoms with van der Waals surface area (Å²) in [5.74, 6) is 6.04. The molecule has 0 saturated heterocycles. The van der Waals surface area contributed by atoms with E-state index >= 15 is 0 Å². The molecule has 112 valence electrons. The number of rotatable bonds is 2. The van der Waals surface area contributed by atoms with Crippen molar-refractivity contribution >= 4 is 17.2 Å². The molecule has 1 amide bonds. The number of benzene rings is 1. The minimum absolute atomic E-state index is 0.000403. The van der Waals surface area contributed by atoms with Crippen LogP contribution in [0.15, 0.2) is 36.4 Å². The molecule has 1 heterocycles. The molecule has 0 fully saturated rings. The van der Waals surface area contributed by atoms with Crippen molar-refractivity contribution in [2.75, 3.05) is 6.54 Å². The van der Waals surface area contributed by atoms with Crippen LogP contribution in [0, 0.1) is 11.8 Å². The lowest BCUT2D eigenvalue weighted by atomic mass is 10.1. The van der Waals surface area contributed by atoms with Gasteiger partial charge >= 0.3 is 0 Å². The number of nitrogens with one attached hydrogen (secondary N) is 1. The zero-order valence-corrected chi connectivity index (χ0v) is 13.3. The minimum Gasteiger partial charge on any atom is -0.340 e. The summed E-state index contributed by atoms with van der Waals surface area (Å²) in [5, 5.41) is 2.89. The Kier molecular flexibility index (Phi) is 4.92. The molecule has 0 spiro atoms.